The monoisotopic (exact) mass is 346 g/mol. The molecule has 1 amide bonds. The zero-order chi connectivity index (χ0) is 18.1. The first-order chi connectivity index (χ1) is 12.6. The molecular weight excluding hydrogens is 328 g/mol. The number of rotatable bonds is 3. The van der Waals surface area contributed by atoms with Crippen LogP contribution in [0.15, 0.2) is 48.4 Å². The molecule has 0 spiro atoms. The van der Waals surface area contributed by atoms with E-state index in [4.69, 9.17) is 5.73 Å². The third-order valence-corrected chi connectivity index (χ3v) is 4.35. The van der Waals surface area contributed by atoms with Crippen molar-refractivity contribution in [1.82, 2.24) is 20.3 Å². The van der Waals surface area contributed by atoms with Crippen LogP contribution in [0.4, 0.5) is 11.6 Å². The van der Waals surface area contributed by atoms with Crippen LogP contribution in [-0.4, -0.2) is 33.9 Å². The lowest BCUT2D eigenvalue weighted by Crippen LogP contribution is -2.34. The van der Waals surface area contributed by atoms with Crippen molar-refractivity contribution in [3.8, 4) is 11.3 Å². The Morgan fingerprint density at radius 1 is 1.31 bits per heavy atom. The number of fused-ring (bicyclic) bond motifs is 1. The van der Waals surface area contributed by atoms with Crippen LogP contribution >= 0.6 is 0 Å². The number of anilines is 2. The number of carbonyl (C=O) groups excluding carboxylic acids is 1. The van der Waals surface area contributed by atoms with Crippen LogP contribution in [0.25, 0.3) is 22.0 Å². The Morgan fingerprint density at radius 3 is 2.88 bits per heavy atom. The van der Waals surface area contributed by atoms with Crippen molar-refractivity contribution in [1.29, 1.82) is 0 Å². The maximum atomic E-state index is 12.1. The summed E-state index contributed by atoms with van der Waals surface area (Å²) >= 11 is 0. The Morgan fingerprint density at radius 2 is 2.15 bits per heavy atom. The number of hydrogen-bond donors (Lipinski definition) is 3. The normalized spacial score (nSPS) is 13.3. The molecule has 4 heterocycles. The molecule has 1 aliphatic rings. The summed E-state index contributed by atoms with van der Waals surface area (Å²) < 4.78 is 0. The molecule has 3 aromatic heterocycles. The van der Waals surface area contributed by atoms with Gasteiger partial charge in [0.05, 0.1) is 5.69 Å². The molecule has 1 aliphatic heterocycles. The van der Waals surface area contributed by atoms with E-state index in [0.717, 1.165) is 46.3 Å². The van der Waals surface area contributed by atoms with E-state index < -0.39 is 0 Å². The highest BCUT2D eigenvalue weighted by atomic mass is 16.1. The van der Waals surface area contributed by atoms with Crippen LogP contribution in [-0.2, 0) is 4.79 Å². The average Bonchev–Trinajstić information content (AvgIpc) is 2.58. The molecule has 0 saturated carbocycles. The first kappa shape index (κ1) is 16.2. The molecule has 7 nitrogen and oxygen atoms in total. The number of nitrogens with zero attached hydrogens (tertiary/aromatic N) is 3. The quantitative estimate of drug-likeness (QED) is 0.627. The number of aryl methyl sites for hydroxylation is 1. The van der Waals surface area contributed by atoms with Gasteiger partial charge in [0, 0.05) is 48.7 Å². The van der Waals surface area contributed by atoms with Gasteiger partial charge in [-0.15, -0.1) is 0 Å². The number of nitrogen functional groups attached to an aromatic ring is 1. The predicted octanol–water partition coefficient (Wildman–Crippen LogP) is 2.05. The third-order valence-electron chi connectivity index (χ3n) is 4.35. The Balaban J connectivity index is 1.70. The van der Waals surface area contributed by atoms with Crippen molar-refractivity contribution in [2.45, 2.75) is 6.92 Å². The fourth-order valence-corrected chi connectivity index (χ4v) is 2.83. The molecule has 3 aromatic rings. The van der Waals surface area contributed by atoms with Gasteiger partial charge in [-0.05, 0) is 41.6 Å². The summed E-state index contributed by atoms with van der Waals surface area (Å²) in [6.07, 6.45) is 6.75. The van der Waals surface area contributed by atoms with E-state index >= 15 is 0 Å². The number of hydrogen-bond acceptors (Lipinski definition) is 6. The van der Waals surface area contributed by atoms with Gasteiger partial charge in [-0.2, -0.15) is 0 Å². The molecule has 0 unspecified atom stereocenters. The fourth-order valence-electron chi connectivity index (χ4n) is 2.83. The molecule has 0 aliphatic carbocycles. The summed E-state index contributed by atoms with van der Waals surface area (Å²) in [6.45, 7) is 3.52. The smallest absolute Gasteiger partial charge is 0.249 e. The molecule has 1 saturated heterocycles. The molecule has 0 bridgehead atoms. The number of amides is 1. The Labute approximate surface area is 150 Å². The lowest BCUT2D eigenvalue weighted by molar-refractivity contribution is -0.112. The van der Waals surface area contributed by atoms with E-state index in [1.54, 1.807) is 30.7 Å². The number of nitrogens with one attached hydrogen (secondary N) is 2. The molecule has 4 rings (SSSR count). The molecule has 0 radical (unpaired) electrons. The number of pyridine rings is 3. The first-order valence-corrected chi connectivity index (χ1v) is 8.28. The van der Waals surface area contributed by atoms with Gasteiger partial charge < -0.3 is 16.4 Å². The summed E-state index contributed by atoms with van der Waals surface area (Å²) in [4.78, 5) is 25.0. The molecule has 4 N–H and O–H groups in total. The first-order valence-electron chi connectivity index (χ1n) is 8.28. The van der Waals surface area contributed by atoms with Crippen LogP contribution in [0.5, 0.6) is 0 Å². The SMILES string of the molecule is Cc1ccncc1-c1cc2cc(NC(=O)C=C3CNC3)ncc2c(N)n1. The number of carbonyl (C=O) groups is 1. The van der Waals surface area contributed by atoms with Gasteiger partial charge in [0.1, 0.15) is 11.6 Å². The van der Waals surface area contributed by atoms with E-state index in [0.29, 0.717) is 11.6 Å². The van der Waals surface area contributed by atoms with Gasteiger partial charge in [0.2, 0.25) is 5.91 Å². The van der Waals surface area contributed by atoms with E-state index in [1.807, 2.05) is 19.1 Å². The Bertz CT molecular complexity index is 1040. The van der Waals surface area contributed by atoms with Gasteiger partial charge in [-0.25, -0.2) is 9.97 Å². The van der Waals surface area contributed by atoms with Crippen LogP contribution in [0.2, 0.25) is 0 Å². The minimum absolute atomic E-state index is 0.182. The van der Waals surface area contributed by atoms with Gasteiger partial charge >= 0.3 is 0 Å². The van der Waals surface area contributed by atoms with Crippen molar-refractivity contribution in [3.05, 3.63) is 54.0 Å². The van der Waals surface area contributed by atoms with Crippen LogP contribution in [0.1, 0.15) is 5.56 Å². The minimum Gasteiger partial charge on any atom is -0.383 e. The number of nitrogens with two attached hydrogens (primary N) is 1. The largest absolute Gasteiger partial charge is 0.383 e. The topological polar surface area (TPSA) is 106 Å². The maximum absolute atomic E-state index is 12.1. The fraction of sp³-hybridized carbons (Fsp3) is 0.158. The Hall–Kier alpha value is -3.32. The van der Waals surface area contributed by atoms with Gasteiger partial charge in [0.25, 0.3) is 0 Å². The van der Waals surface area contributed by atoms with Crippen molar-refractivity contribution < 1.29 is 4.79 Å². The second-order valence-corrected chi connectivity index (χ2v) is 6.27. The van der Waals surface area contributed by atoms with Crippen molar-refractivity contribution >= 4 is 28.3 Å². The number of aromatic nitrogens is 3. The van der Waals surface area contributed by atoms with Crippen LogP contribution in [0, 0.1) is 6.92 Å². The minimum atomic E-state index is -0.182. The Kier molecular flexibility index (Phi) is 4.06. The zero-order valence-corrected chi connectivity index (χ0v) is 14.3. The summed E-state index contributed by atoms with van der Waals surface area (Å²) in [7, 11) is 0. The van der Waals surface area contributed by atoms with Gasteiger partial charge in [-0.3, -0.25) is 9.78 Å². The molecule has 7 heteroatoms. The predicted molar refractivity (Wildman–Crippen MR) is 102 cm³/mol. The van der Waals surface area contributed by atoms with E-state index in [-0.39, 0.29) is 5.91 Å². The maximum Gasteiger partial charge on any atom is 0.249 e. The lowest BCUT2D eigenvalue weighted by atomic mass is 10.1. The lowest BCUT2D eigenvalue weighted by Gasteiger charge is -2.17. The molecule has 1 fully saturated rings. The van der Waals surface area contributed by atoms with E-state index in [9.17, 15) is 4.79 Å². The van der Waals surface area contributed by atoms with Crippen molar-refractivity contribution in [2.75, 3.05) is 24.1 Å². The van der Waals surface area contributed by atoms with Crippen LogP contribution < -0.4 is 16.4 Å². The van der Waals surface area contributed by atoms with Gasteiger partial charge in [-0.1, -0.05) is 0 Å². The van der Waals surface area contributed by atoms with Gasteiger partial charge in [0.15, 0.2) is 0 Å². The van der Waals surface area contributed by atoms with Crippen LogP contribution in [0.3, 0.4) is 0 Å². The molecule has 26 heavy (non-hydrogen) atoms. The third kappa shape index (κ3) is 3.12. The second-order valence-electron chi connectivity index (χ2n) is 6.27. The highest BCUT2D eigenvalue weighted by Gasteiger charge is 2.12. The van der Waals surface area contributed by atoms with Crippen molar-refractivity contribution in [3.63, 3.8) is 0 Å². The molecular formula is C19H18N6O. The second kappa shape index (κ2) is 6.53. The average molecular weight is 346 g/mol. The highest BCUT2D eigenvalue weighted by molar-refractivity contribution is 6.01. The summed E-state index contributed by atoms with van der Waals surface area (Å²) in [5, 5.41) is 7.50. The summed E-state index contributed by atoms with van der Waals surface area (Å²) in [5.41, 5.74) is 9.92. The molecule has 0 aromatic carbocycles. The standard InChI is InChI=1S/C19H18N6O/c1-11-2-3-21-9-14(11)16-5-13-6-17(23-10-15(13)19(20)24-16)25-18(26)4-12-7-22-8-12/h2-6,9-10,22H,7-8H2,1H3,(H2,20,24)(H,23,25,26). The van der Waals surface area contributed by atoms with E-state index in [1.165, 1.54) is 0 Å². The summed E-state index contributed by atoms with van der Waals surface area (Å²) in [5.74, 6) is 0.693. The molecule has 0 atom stereocenters. The molecule has 130 valence electrons. The zero-order valence-electron chi connectivity index (χ0n) is 14.3. The summed E-state index contributed by atoms with van der Waals surface area (Å²) in [6, 6.07) is 5.66. The van der Waals surface area contributed by atoms with E-state index in [2.05, 4.69) is 25.6 Å². The highest BCUT2D eigenvalue weighted by Crippen LogP contribution is 2.28. The van der Waals surface area contributed by atoms with Crippen molar-refractivity contribution in [2.24, 2.45) is 0 Å².